The Labute approximate surface area is 109 Å². The largest absolute Gasteiger partial charge is 0.341 e. The molecule has 98 valence electrons. The van der Waals surface area contributed by atoms with Crippen molar-refractivity contribution in [2.75, 3.05) is 13.1 Å². The van der Waals surface area contributed by atoms with Gasteiger partial charge in [-0.3, -0.25) is 4.79 Å². The van der Waals surface area contributed by atoms with Gasteiger partial charge in [0.15, 0.2) is 0 Å². The van der Waals surface area contributed by atoms with Crippen molar-refractivity contribution in [2.24, 2.45) is 5.73 Å². The minimum absolute atomic E-state index is 0.0745. The molecule has 2 rings (SSSR count). The summed E-state index contributed by atoms with van der Waals surface area (Å²) in [5.74, 6) is 0.265. The molecule has 0 saturated carbocycles. The summed E-state index contributed by atoms with van der Waals surface area (Å²) in [4.78, 5) is 13.9. The fraction of sp³-hybridized carbons (Fsp3) is 0.533. The molecule has 0 radical (unpaired) electrons. The Hall–Kier alpha value is -1.35. The van der Waals surface area contributed by atoms with Crippen molar-refractivity contribution in [3.05, 3.63) is 35.9 Å². The van der Waals surface area contributed by atoms with Crippen LogP contribution in [0.4, 0.5) is 0 Å². The summed E-state index contributed by atoms with van der Waals surface area (Å²) in [5.41, 5.74) is 7.29. The van der Waals surface area contributed by atoms with E-state index in [4.69, 9.17) is 5.73 Å². The Bertz CT molecular complexity index is 377. The third-order valence-corrected chi connectivity index (χ3v) is 3.57. The van der Waals surface area contributed by atoms with Crippen LogP contribution < -0.4 is 5.73 Å². The molecule has 1 fully saturated rings. The summed E-state index contributed by atoms with van der Waals surface area (Å²) >= 11 is 0. The van der Waals surface area contributed by atoms with Gasteiger partial charge in [0, 0.05) is 25.6 Å². The zero-order valence-electron chi connectivity index (χ0n) is 10.8. The summed E-state index contributed by atoms with van der Waals surface area (Å²) in [6.45, 7) is 1.50. The maximum atomic E-state index is 12.0. The fourth-order valence-corrected chi connectivity index (χ4v) is 2.45. The average Bonchev–Trinajstić information content (AvgIpc) is 2.39. The van der Waals surface area contributed by atoms with E-state index in [1.807, 2.05) is 35.2 Å². The molecule has 3 heteroatoms. The van der Waals surface area contributed by atoms with E-state index >= 15 is 0 Å². The second-order valence-corrected chi connectivity index (χ2v) is 5.02. The first kappa shape index (κ1) is 13.1. The lowest BCUT2D eigenvalue weighted by molar-refractivity contribution is -0.132. The number of nitrogens with two attached hydrogens (primary N) is 1. The standard InChI is InChI=1S/C15H22N2O/c16-14(13-8-4-3-5-9-13)12-17-11-7-2-1-6-10-15(17)18/h3-5,8-9,14H,1-2,6-7,10-12,16H2. The van der Waals surface area contributed by atoms with E-state index in [-0.39, 0.29) is 11.9 Å². The third kappa shape index (κ3) is 3.57. The molecule has 3 nitrogen and oxygen atoms in total. The van der Waals surface area contributed by atoms with Crippen molar-refractivity contribution in [1.82, 2.24) is 4.90 Å². The monoisotopic (exact) mass is 246 g/mol. The van der Waals surface area contributed by atoms with Crippen molar-refractivity contribution in [3.63, 3.8) is 0 Å². The number of rotatable bonds is 3. The quantitative estimate of drug-likeness (QED) is 0.890. The van der Waals surface area contributed by atoms with Crippen LogP contribution in [-0.2, 0) is 4.79 Å². The molecule has 1 saturated heterocycles. The van der Waals surface area contributed by atoms with E-state index in [1.54, 1.807) is 0 Å². The first-order valence-corrected chi connectivity index (χ1v) is 6.85. The first-order valence-electron chi connectivity index (χ1n) is 6.85. The van der Waals surface area contributed by atoms with Crippen LogP contribution in [-0.4, -0.2) is 23.9 Å². The lowest BCUT2D eigenvalue weighted by Crippen LogP contribution is -2.38. The smallest absolute Gasteiger partial charge is 0.222 e. The van der Waals surface area contributed by atoms with Crippen molar-refractivity contribution in [1.29, 1.82) is 0 Å². The van der Waals surface area contributed by atoms with Crippen LogP contribution in [0.5, 0.6) is 0 Å². The van der Waals surface area contributed by atoms with Crippen LogP contribution in [0, 0.1) is 0 Å². The van der Waals surface area contributed by atoms with Gasteiger partial charge in [-0.05, 0) is 18.4 Å². The molecule has 1 aromatic rings. The lowest BCUT2D eigenvalue weighted by Gasteiger charge is -2.27. The van der Waals surface area contributed by atoms with E-state index in [1.165, 1.54) is 12.8 Å². The van der Waals surface area contributed by atoms with E-state index < -0.39 is 0 Å². The predicted octanol–water partition coefficient (Wildman–Crippen LogP) is 2.48. The Morgan fingerprint density at radius 2 is 1.83 bits per heavy atom. The van der Waals surface area contributed by atoms with Gasteiger partial charge in [0.2, 0.25) is 5.91 Å². The van der Waals surface area contributed by atoms with Crippen LogP contribution in [0.3, 0.4) is 0 Å². The van der Waals surface area contributed by atoms with Crippen LogP contribution in [0.2, 0.25) is 0 Å². The predicted molar refractivity (Wildman–Crippen MR) is 73.0 cm³/mol. The maximum Gasteiger partial charge on any atom is 0.222 e. The highest BCUT2D eigenvalue weighted by Crippen LogP contribution is 2.16. The van der Waals surface area contributed by atoms with Crippen LogP contribution in [0.1, 0.15) is 43.7 Å². The molecule has 18 heavy (non-hydrogen) atoms. The van der Waals surface area contributed by atoms with E-state index in [0.29, 0.717) is 13.0 Å². The molecule has 1 atom stereocenters. The molecular weight excluding hydrogens is 224 g/mol. The zero-order valence-corrected chi connectivity index (χ0v) is 10.8. The Balaban J connectivity index is 1.96. The summed E-state index contributed by atoms with van der Waals surface area (Å²) < 4.78 is 0. The Kier molecular flexibility index (Phi) is 4.76. The lowest BCUT2D eigenvalue weighted by atomic mass is 10.0. The number of amides is 1. The normalized spacial score (nSPS) is 19.2. The molecule has 1 aromatic carbocycles. The molecule has 1 aliphatic rings. The van der Waals surface area contributed by atoms with Crippen LogP contribution >= 0.6 is 0 Å². The number of benzene rings is 1. The number of hydrogen-bond acceptors (Lipinski definition) is 2. The SMILES string of the molecule is NC(CN1CCCCCCC1=O)c1ccccc1. The molecule has 1 heterocycles. The number of nitrogens with zero attached hydrogens (tertiary/aromatic N) is 1. The van der Waals surface area contributed by atoms with E-state index in [9.17, 15) is 4.79 Å². The molecule has 1 aliphatic heterocycles. The zero-order chi connectivity index (χ0) is 12.8. The summed E-state index contributed by atoms with van der Waals surface area (Å²) in [7, 11) is 0. The van der Waals surface area contributed by atoms with Crippen LogP contribution in [0.15, 0.2) is 30.3 Å². The average molecular weight is 246 g/mol. The number of hydrogen-bond donors (Lipinski definition) is 1. The molecule has 1 amide bonds. The van der Waals surface area contributed by atoms with Gasteiger partial charge in [0.25, 0.3) is 0 Å². The second-order valence-electron chi connectivity index (χ2n) is 5.02. The second kappa shape index (κ2) is 6.55. The van der Waals surface area contributed by atoms with Crippen molar-refractivity contribution in [2.45, 2.75) is 38.1 Å². The maximum absolute atomic E-state index is 12.0. The van der Waals surface area contributed by atoms with Gasteiger partial charge in [0.1, 0.15) is 0 Å². The molecular formula is C15H22N2O. The van der Waals surface area contributed by atoms with E-state index in [2.05, 4.69) is 0 Å². The number of carbonyl (C=O) groups is 1. The third-order valence-electron chi connectivity index (χ3n) is 3.57. The highest BCUT2D eigenvalue weighted by atomic mass is 16.2. The number of carbonyl (C=O) groups excluding carboxylic acids is 1. The Morgan fingerprint density at radius 3 is 2.61 bits per heavy atom. The molecule has 0 aromatic heterocycles. The first-order chi connectivity index (χ1) is 8.77. The summed E-state index contributed by atoms with van der Waals surface area (Å²) in [6, 6.07) is 9.94. The van der Waals surface area contributed by atoms with Gasteiger partial charge in [0.05, 0.1) is 0 Å². The van der Waals surface area contributed by atoms with Gasteiger partial charge in [-0.15, -0.1) is 0 Å². The van der Waals surface area contributed by atoms with Gasteiger partial charge in [-0.2, -0.15) is 0 Å². The van der Waals surface area contributed by atoms with Crippen molar-refractivity contribution < 1.29 is 4.79 Å². The van der Waals surface area contributed by atoms with Gasteiger partial charge in [-0.25, -0.2) is 0 Å². The minimum Gasteiger partial charge on any atom is -0.341 e. The van der Waals surface area contributed by atoms with E-state index in [0.717, 1.165) is 24.9 Å². The molecule has 1 unspecified atom stereocenters. The highest BCUT2D eigenvalue weighted by molar-refractivity contribution is 5.76. The Morgan fingerprint density at radius 1 is 1.11 bits per heavy atom. The molecule has 0 spiro atoms. The topological polar surface area (TPSA) is 46.3 Å². The van der Waals surface area contributed by atoms with Crippen LogP contribution in [0.25, 0.3) is 0 Å². The number of likely N-dealkylation sites (tertiary alicyclic amines) is 1. The molecule has 2 N–H and O–H groups in total. The van der Waals surface area contributed by atoms with Crippen molar-refractivity contribution in [3.8, 4) is 0 Å². The minimum atomic E-state index is -0.0745. The van der Waals surface area contributed by atoms with Gasteiger partial charge in [-0.1, -0.05) is 43.2 Å². The highest BCUT2D eigenvalue weighted by Gasteiger charge is 2.18. The fourth-order valence-electron chi connectivity index (χ4n) is 2.45. The summed E-state index contributed by atoms with van der Waals surface area (Å²) in [6.07, 6.45) is 5.22. The van der Waals surface area contributed by atoms with Gasteiger partial charge >= 0.3 is 0 Å². The molecule has 0 aliphatic carbocycles. The van der Waals surface area contributed by atoms with Crippen molar-refractivity contribution >= 4 is 5.91 Å². The molecule has 0 bridgehead atoms. The van der Waals surface area contributed by atoms with Gasteiger partial charge < -0.3 is 10.6 Å². The summed E-state index contributed by atoms with van der Waals surface area (Å²) in [5, 5.41) is 0.